The molecule has 2 aromatic rings. The molecule has 0 saturated carbocycles. The topological polar surface area (TPSA) is 56.3 Å². The van der Waals surface area contributed by atoms with Gasteiger partial charge in [-0.15, -0.1) is 0 Å². The van der Waals surface area contributed by atoms with Crippen molar-refractivity contribution in [2.75, 3.05) is 5.75 Å². The van der Waals surface area contributed by atoms with Crippen LogP contribution >= 0.6 is 15.9 Å². The van der Waals surface area contributed by atoms with E-state index < -0.39 is 9.84 Å². The molecule has 1 aromatic heterocycles. The minimum Gasteiger partial charge on any atom is -0.439 e. The lowest BCUT2D eigenvalue weighted by Crippen LogP contribution is -2.03. The van der Waals surface area contributed by atoms with Crippen LogP contribution in [0.25, 0.3) is 0 Å². The zero-order chi connectivity index (χ0) is 13.9. The Hall–Kier alpha value is -1.40. The molecule has 0 N–H and O–H groups in total. The summed E-state index contributed by atoms with van der Waals surface area (Å²) in [5.74, 6) is 0.909. The lowest BCUT2D eigenvalue weighted by molar-refractivity contribution is 0.461. The number of aromatic nitrogens is 1. The van der Waals surface area contributed by atoms with E-state index in [4.69, 9.17) is 4.74 Å². The third-order valence-corrected chi connectivity index (χ3v) is 4.69. The van der Waals surface area contributed by atoms with Crippen LogP contribution in [0.5, 0.6) is 11.6 Å². The van der Waals surface area contributed by atoms with E-state index >= 15 is 0 Å². The van der Waals surface area contributed by atoms with Crippen molar-refractivity contribution in [2.24, 2.45) is 0 Å². The van der Waals surface area contributed by atoms with Crippen molar-refractivity contribution < 1.29 is 13.2 Å². The van der Waals surface area contributed by atoms with Gasteiger partial charge < -0.3 is 4.74 Å². The minimum atomic E-state index is -3.23. The van der Waals surface area contributed by atoms with Crippen molar-refractivity contribution >= 4 is 25.8 Å². The molecular weight excluding hydrogens is 330 g/mol. The van der Waals surface area contributed by atoms with Gasteiger partial charge in [-0.2, -0.15) is 0 Å². The van der Waals surface area contributed by atoms with Gasteiger partial charge >= 0.3 is 0 Å². The molecule has 0 unspecified atom stereocenters. The first-order valence-electron chi connectivity index (χ1n) is 5.63. The maximum absolute atomic E-state index is 11.8. The van der Waals surface area contributed by atoms with E-state index in [1.807, 2.05) is 0 Å². The third kappa shape index (κ3) is 3.54. The Morgan fingerprint density at radius 3 is 2.74 bits per heavy atom. The Balaban J connectivity index is 2.30. The maximum atomic E-state index is 11.8. The van der Waals surface area contributed by atoms with Gasteiger partial charge in [0.25, 0.3) is 0 Å². The number of hydrogen-bond donors (Lipinski definition) is 0. The van der Waals surface area contributed by atoms with E-state index in [1.54, 1.807) is 43.5 Å². The standard InChI is InChI=1S/C13H12BrNO3S/c1-2-19(16,17)12-5-3-4-11(9-12)18-13-8-10(14)6-7-15-13/h3-9H,2H2,1H3. The van der Waals surface area contributed by atoms with E-state index in [1.165, 1.54) is 6.07 Å². The molecule has 2 rings (SSSR count). The number of pyridine rings is 1. The molecule has 0 aliphatic heterocycles. The molecule has 100 valence electrons. The molecule has 0 amide bonds. The number of rotatable bonds is 4. The molecule has 0 bridgehead atoms. The molecule has 0 atom stereocenters. The molecule has 0 aliphatic rings. The number of hydrogen-bond acceptors (Lipinski definition) is 4. The SMILES string of the molecule is CCS(=O)(=O)c1cccc(Oc2cc(Br)ccn2)c1. The first kappa shape index (κ1) is 14.0. The average molecular weight is 342 g/mol. The molecule has 1 aromatic carbocycles. The zero-order valence-electron chi connectivity index (χ0n) is 10.2. The molecule has 0 aliphatic carbocycles. The molecule has 0 radical (unpaired) electrons. The first-order chi connectivity index (χ1) is 9.01. The highest BCUT2D eigenvalue weighted by atomic mass is 79.9. The fourth-order valence-corrected chi connectivity index (χ4v) is 2.69. The fourth-order valence-electron chi connectivity index (χ4n) is 1.46. The lowest BCUT2D eigenvalue weighted by atomic mass is 10.3. The van der Waals surface area contributed by atoms with Gasteiger partial charge in [0, 0.05) is 16.7 Å². The van der Waals surface area contributed by atoms with Gasteiger partial charge in [0.15, 0.2) is 9.84 Å². The van der Waals surface area contributed by atoms with Crippen LogP contribution < -0.4 is 4.74 Å². The Labute approximate surface area is 120 Å². The van der Waals surface area contributed by atoms with Crippen LogP contribution in [0, 0.1) is 0 Å². The van der Waals surface area contributed by atoms with Gasteiger partial charge in [-0.25, -0.2) is 13.4 Å². The van der Waals surface area contributed by atoms with Crippen LogP contribution in [0.2, 0.25) is 0 Å². The van der Waals surface area contributed by atoms with E-state index in [9.17, 15) is 8.42 Å². The number of sulfone groups is 1. The van der Waals surface area contributed by atoms with Crippen molar-refractivity contribution in [3.8, 4) is 11.6 Å². The quantitative estimate of drug-likeness (QED) is 0.854. The highest BCUT2D eigenvalue weighted by Crippen LogP contribution is 2.24. The van der Waals surface area contributed by atoms with Crippen LogP contribution in [0.3, 0.4) is 0 Å². The molecule has 0 fully saturated rings. The van der Waals surface area contributed by atoms with Gasteiger partial charge in [-0.05, 0) is 24.3 Å². The zero-order valence-corrected chi connectivity index (χ0v) is 12.6. The highest BCUT2D eigenvalue weighted by molar-refractivity contribution is 9.10. The number of benzene rings is 1. The molecule has 19 heavy (non-hydrogen) atoms. The molecule has 1 heterocycles. The molecular formula is C13H12BrNO3S. The van der Waals surface area contributed by atoms with Crippen LogP contribution in [-0.2, 0) is 9.84 Å². The second-order valence-corrected chi connectivity index (χ2v) is 6.99. The predicted octanol–water partition coefficient (Wildman–Crippen LogP) is 3.43. The summed E-state index contributed by atoms with van der Waals surface area (Å²) in [6.45, 7) is 1.61. The lowest BCUT2D eigenvalue weighted by Gasteiger charge is -2.07. The fraction of sp³-hybridized carbons (Fsp3) is 0.154. The molecule has 6 heteroatoms. The normalized spacial score (nSPS) is 11.3. The summed E-state index contributed by atoms with van der Waals surface area (Å²) < 4.78 is 29.9. The summed E-state index contributed by atoms with van der Waals surface area (Å²) in [4.78, 5) is 4.30. The van der Waals surface area contributed by atoms with Crippen molar-refractivity contribution in [2.45, 2.75) is 11.8 Å². The van der Waals surface area contributed by atoms with Gasteiger partial charge in [0.1, 0.15) is 5.75 Å². The summed E-state index contributed by atoms with van der Waals surface area (Å²) in [5, 5.41) is 0. The second kappa shape index (κ2) is 5.71. The van der Waals surface area contributed by atoms with Gasteiger partial charge in [0.2, 0.25) is 5.88 Å². The average Bonchev–Trinajstić information content (AvgIpc) is 2.39. The first-order valence-corrected chi connectivity index (χ1v) is 8.08. The molecule has 4 nitrogen and oxygen atoms in total. The van der Waals surface area contributed by atoms with E-state index in [2.05, 4.69) is 20.9 Å². The van der Waals surface area contributed by atoms with Crippen LogP contribution in [-0.4, -0.2) is 19.2 Å². The molecule has 0 saturated heterocycles. The van der Waals surface area contributed by atoms with Crippen molar-refractivity contribution in [3.05, 3.63) is 47.1 Å². The minimum absolute atomic E-state index is 0.0611. The van der Waals surface area contributed by atoms with Gasteiger partial charge in [-0.3, -0.25) is 0 Å². The highest BCUT2D eigenvalue weighted by Gasteiger charge is 2.12. The van der Waals surface area contributed by atoms with Crippen molar-refractivity contribution in [1.29, 1.82) is 0 Å². The van der Waals surface area contributed by atoms with Gasteiger partial charge in [0.05, 0.1) is 10.6 Å². The van der Waals surface area contributed by atoms with Crippen molar-refractivity contribution in [1.82, 2.24) is 4.98 Å². The van der Waals surface area contributed by atoms with E-state index in [0.29, 0.717) is 11.6 Å². The Kier molecular flexibility index (Phi) is 4.21. The largest absolute Gasteiger partial charge is 0.439 e. The molecule has 0 spiro atoms. The van der Waals surface area contributed by atoms with Crippen LogP contribution in [0.15, 0.2) is 52.0 Å². The van der Waals surface area contributed by atoms with Crippen molar-refractivity contribution in [3.63, 3.8) is 0 Å². The van der Waals surface area contributed by atoms with Crippen LogP contribution in [0.4, 0.5) is 0 Å². The predicted molar refractivity (Wildman–Crippen MR) is 76.2 cm³/mol. The van der Waals surface area contributed by atoms with E-state index in [0.717, 1.165) is 4.47 Å². The van der Waals surface area contributed by atoms with Gasteiger partial charge in [-0.1, -0.05) is 28.9 Å². The Bertz CT molecular complexity index is 686. The third-order valence-electron chi connectivity index (χ3n) is 2.46. The monoisotopic (exact) mass is 341 g/mol. The number of nitrogens with zero attached hydrogens (tertiary/aromatic N) is 1. The number of ether oxygens (including phenoxy) is 1. The summed E-state index contributed by atoms with van der Waals surface area (Å²) in [7, 11) is -3.23. The smallest absolute Gasteiger partial charge is 0.220 e. The summed E-state index contributed by atoms with van der Waals surface area (Å²) in [6, 6.07) is 9.89. The number of halogens is 1. The maximum Gasteiger partial charge on any atom is 0.220 e. The van der Waals surface area contributed by atoms with E-state index in [-0.39, 0.29) is 10.6 Å². The Morgan fingerprint density at radius 1 is 1.26 bits per heavy atom. The summed E-state index contributed by atoms with van der Waals surface area (Å²) in [6.07, 6.45) is 1.60. The summed E-state index contributed by atoms with van der Waals surface area (Å²) in [5.41, 5.74) is 0. The second-order valence-electron chi connectivity index (χ2n) is 3.79. The summed E-state index contributed by atoms with van der Waals surface area (Å²) >= 11 is 3.32. The van der Waals surface area contributed by atoms with Crippen LogP contribution in [0.1, 0.15) is 6.92 Å². The Morgan fingerprint density at radius 2 is 2.05 bits per heavy atom.